The first-order valence-electron chi connectivity index (χ1n) is 5.86. The van der Waals surface area contributed by atoms with E-state index in [1.807, 2.05) is 0 Å². The van der Waals surface area contributed by atoms with Crippen LogP contribution in [0.1, 0.15) is 30.0 Å². The number of hydrogen-bond acceptors (Lipinski definition) is 2. The summed E-state index contributed by atoms with van der Waals surface area (Å²) in [5.74, 6) is 3.23. The van der Waals surface area contributed by atoms with Gasteiger partial charge in [0.1, 0.15) is 5.65 Å². The highest BCUT2D eigenvalue weighted by molar-refractivity contribution is 7.99. The molecule has 0 aromatic carbocycles. The van der Waals surface area contributed by atoms with E-state index in [0.29, 0.717) is 5.92 Å². The average molecular weight is 232 g/mol. The van der Waals surface area contributed by atoms with E-state index in [4.69, 9.17) is 4.98 Å². The number of thioether (sulfide) groups is 1. The Morgan fingerprint density at radius 2 is 2.31 bits per heavy atom. The zero-order valence-electron chi connectivity index (χ0n) is 9.52. The maximum Gasteiger partial charge on any atom is 0.136 e. The molecule has 1 unspecified atom stereocenters. The van der Waals surface area contributed by atoms with Crippen LogP contribution in [0.3, 0.4) is 0 Å². The third-order valence-electron chi connectivity index (χ3n) is 3.20. The van der Waals surface area contributed by atoms with Gasteiger partial charge in [0.2, 0.25) is 0 Å². The van der Waals surface area contributed by atoms with Crippen molar-refractivity contribution in [3.63, 3.8) is 0 Å². The zero-order chi connectivity index (χ0) is 11.0. The standard InChI is InChI=1S/C13H16N2S/c1-10-4-5-13-14-12(8-15(13)7-10)11-3-2-6-16-9-11/h4-5,7-8,11H,2-3,6,9H2,1H3. The van der Waals surface area contributed by atoms with Crippen LogP contribution in [0.25, 0.3) is 5.65 Å². The van der Waals surface area contributed by atoms with Gasteiger partial charge in [-0.2, -0.15) is 11.8 Å². The zero-order valence-corrected chi connectivity index (χ0v) is 10.3. The first kappa shape index (κ1) is 10.2. The summed E-state index contributed by atoms with van der Waals surface area (Å²) >= 11 is 2.06. The van der Waals surface area contributed by atoms with Crippen LogP contribution in [0.5, 0.6) is 0 Å². The molecule has 0 amide bonds. The van der Waals surface area contributed by atoms with Gasteiger partial charge in [-0.1, -0.05) is 6.07 Å². The number of nitrogens with zero attached hydrogens (tertiary/aromatic N) is 2. The van der Waals surface area contributed by atoms with Crippen LogP contribution in [0.2, 0.25) is 0 Å². The summed E-state index contributed by atoms with van der Waals surface area (Å²) in [6, 6.07) is 4.23. The second-order valence-electron chi connectivity index (χ2n) is 4.55. The molecular formula is C13H16N2S. The van der Waals surface area contributed by atoms with Crippen molar-refractivity contribution in [1.29, 1.82) is 0 Å². The Bertz CT molecular complexity index is 498. The molecule has 1 saturated heterocycles. The normalized spacial score (nSPS) is 21.4. The summed E-state index contributed by atoms with van der Waals surface area (Å²) < 4.78 is 2.16. The Morgan fingerprint density at radius 3 is 3.12 bits per heavy atom. The minimum absolute atomic E-state index is 0.666. The molecule has 0 radical (unpaired) electrons. The number of imidazole rings is 1. The highest BCUT2D eigenvalue weighted by atomic mass is 32.2. The monoisotopic (exact) mass is 232 g/mol. The van der Waals surface area contributed by atoms with Gasteiger partial charge in [-0.05, 0) is 37.1 Å². The second-order valence-corrected chi connectivity index (χ2v) is 5.70. The molecule has 0 N–H and O–H groups in total. The van der Waals surface area contributed by atoms with E-state index in [1.54, 1.807) is 0 Å². The number of pyridine rings is 1. The van der Waals surface area contributed by atoms with Crippen LogP contribution >= 0.6 is 11.8 Å². The van der Waals surface area contributed by atoms with Crippen molar-refractivity contribution in [2.45, 2.75) is 25.7 Å². The van der Waals surface area contributed by atoms with E-state index in [-0.39, 0.29) is 0 Å². The van der Waals surface area contributed by atoms with Crippen molar-refractivity contribution in [3.8, 4) is 0 Å². The molecule has 1 fully saturated rings. The summed E-state index contributed by atoms with van der Waals surface area (Å²) in [5.41, 5.74) is 3.64. The quantitative estimate of drug-likeness (QED) is 0.751. The molecule has 84 valence electrons. The molecule has 0 bridgehead atoms. The smallest absolute Gasteiger partial charge is 0.136 e. The maximum absolute atomic E-state index is 4.73. The summed E-state index contributed by atoms with van der Waals surface area (Å²) in [4.78, 5) is 4.73. The molecule has 3 heteroatoms. The van der Waals surface area contributed by atoms with Crippen LogP contribution in [0, 0.1) is 6.92 Å². The lowest BCUT2D eigenvalue weighted by atomic mass is 10.0. The third-order valence-corrected chi connectivity index (χ3v) is 4.41. The fraction of sp³-hybridized carbons (Fsp3) is 0.462. The number of fused-ring (bicyclic) bond motifs is 1. The van der Waals surface area contributed by atoms with Crippen LogP contribution in [-0.2, 0) is 0 Å². The summed E-state index contributed by atoms with van der Waals surface area (Å²) in [6.07, 6.45) is 7.00. The minimum atomic E-state index is 0.666. The lowest BCUT2D eigenvalue weighted by molar-refractivity contribution is 0.647. The van der Waals surface area contributed by atoms with Gasteiger partial charge in [0, 0.05) is 24.1 Å². The third kappa shape index (κ3) is 1.84. The highest BCUT2D eigenvalue weighted by Crippen LogP contribution is 2.30. The average Bonchev–Trinajstić information content (AvgIpc) is 2.73. The molecule has 2 aromatic rings. The molecule has 0 saturated carbocycles. The molecular weight excluding hydrogens is 216 g/mol. The highest BCUT2D eigenvalue weighted by Gasteiger charge is 2.18. The van der Waals surface area contributed by atoms with Crippen LogP contribution in [-0.4, -0.2) is 20.9 Å². The molecule has 1 aliphatic heterocycles. The Kier molecular flexibility index (Phi) is 2.64. The Balaban J connectivity index is 1.97. The SMILES string of the molecule is Cc1ccc2nc(C3CCCSC3)cn2c1. The van der Waals surface area contributed by atoms with E-state index in [1.165, 1.54) is 35.6 Å². The van der Waals surface area contributed by atoms with Gasteiger partial charge in [0.05, 0.1) is 5.69 Å². The summed E-state index contributed by atoms with van der Waals surface area (Å²) in [6.45, 7) is 2.12. The molecule has 3 rings (SSSR count). The molecule has 1 aliphatic rings. The lowest BCUT2D eigenvalue weighted by Crippen LogP contribution is -2.08. The molecule has 2 nitrogen and oxygen atoms in total. The van der Waals surface area contributed by atoms with Gasteiger partial charge >= 0.3 is 0 Å². The van der Waals surface area contributed by atoms with Crippen molar-refractivity contribution in [2.75, 3.05) is 11.5 Å². The minimum Gasteiger partial charge on any atom is -0.307 e. The molecule has 0 aliphatic carbocycles. The molecule has 2 aromatic heterocycles. The first-order valence-corrected chi connectivity index (χ1v) is 7.01. The van der Waals surface area contributed by atoms with E-state index >= 15 is 0 Å². The number of hydrogen-bond donors (Lipinski definition) is 0. The van der Waals surface area contributed by atoms with Gasteiger partial charge in [-0.15, -0.1) is 0 Å². The lowest BCUT2D eigenvalue weighted by Gasteiger charge is -2.18. The maximum atomic E-state index is 4.73. The van der Waals surface area contributed by atoms with E-state index in [2.05, 4.69) is 47.6 Å². The Labute approximate surface area is 100 Å². The number of rotatable bonds is 1. The number of aryl methyl sites for hydroxylation is 1. The van der Waals surface area contributed by atoms with Crippen molar-refractivity contribution in [3.05, 3.63) is 35.8 Å². The van der Waals surface area contributed by atoms with Gasteiger partial charge < -0.3 is 4.40 Å². The largest absolute Gasteiger partial charge is 0.307 e. The molecule has 0 spiro atoms. The molecule has 3 heterocycles. The van der Waals surface area contributed by atoms with Gasteiger partial charge in [-0.25, -0.2) is 4.98 Å². The van der Waals surface area contributed by atoms with Crippen molar-refractivity contribution >= 4 is 17.4 Å². The van der Waals surface area contributed by atoms with Crippen LogP contribution in [0.15, 0.2) is 24.5 Å². The summed E-state index contributed by atoms with van der Waals surface area (Å²) in [5, 5.41) is 0. The second kappa shape index (κ2) is 4.13. The Hall–Kier alpha value is -0.960. The summed E-state index contributed by atoms with van der Waals surface area (Å²) in [7, 11) is 0. The van der Waals surface area contributed by atoms with Gasteiger partial charge in [-0.3, -0.25) is 0 Å². The van der Waals surface area contributed by atoms with Gasteiger partial charge in [0.25, 0.3) is 0 Å². The number of aromatic nitrogens is 2. The van der Waals surface area contributed by atoms with Crippen LogP contribution in [0.4, 0.5) is 0 Å². The predicted octanol–water partition coefficient (Wildman–Crippen LogP) is 3.25. The fourth-order valence-corrected chi connectivity index (χ4v) is 3.45. The van der Waals surface area contributed by atoms with E-state index < -0.39 is 0 Å². The van der Waals surface area contributed by atoms with E-state index in [0.717, 1.165) is 5.65 Å². The van der Waals surface area contributed by atoms with Crippen molar-refractivity contribution in [1.82, 2.24) is 9.38 Å². The first-order chi connectivity index (χ1) is 7.83. The van der Waals surface area contributed by atoms with Crippen molar-refractivity contribution in [2.24, 2.45) is 0 Å². The topological polar surface area (TPSA) is 17.3 Å². The predicted molar refractivity (Wildman–Crippen MR) is 69.2 cm³/mol. The van der Waals surface area contributed by atoms with E-state index in [9.17, 15) is 0 Å². The van der Waals surface area contributed by atoms with Crippen LogP contribution < -0.4 is 0 Å². The van der Waals surface area contributed by atoms with Gasteiger partial charge in [0.15, 0.2) is 0 Å². The molecule has 1 atom stereocenters. The molecule has 16 heavy (non-hydrogen) atoms. The van der Waals surface area contributed by atoms with Crippen molar-refractivity contribution < 1.29 is 0 Å². The Morgan fingerprint density at radius 1 is 1.38 bits per heavy atom. The fourth-order valence-electron chi connectivity index (χ4n) is 2.29.